The maximum atomic E-state index is 13.3. The van der Waals surface area contributed by atoms with E-state index in [2.05, 4.69) is 11.0 Å². The molecule has 130 valence electrons. The van der Waals surface area contributed by atoms with Gasteiger partial charge in [-0.1, -0.05) is 18.2 Å². The lowest BCUT2D eigenvalue weighted by atomic mass is 10.1. The van der Waals surface area contributed by atoms with Gasteiger partial charge in [0.1, 0.15) is 5.82 Å². The van der Waals surface area contributed by atoms with Gasteiger partial charge >= 0.3 is 0 Å². The van der Waals surface area contributed by atoms with E-state index in [1.807, 2.05) is 41.2 Å². The van der Waals surface area contributed by atoms with Crippen LogP contribution in [0.3, 0.4) is 0 Å². The van der Waals surface area contributed by atoms with E-state index < -0.39 is 0 Å². The highest BCUT2D eigenvalue weighted by Crippen LogP contribution is 2.31. The van der Waals surface area contributed by atoms with Gasteiger partial charge in [0, 0.05) is 29.9 Å². The van der Waals surface area contributed by atoms with Gasteiger partial charge in [0.15, 0.2) is 0 Å². The number of hydrogen-bond acceptors (Lipinski definition) is 3. The second kappa shape index (κ2) is 7.11. The second-order valence-corrected chi connectivity index (χ2v) is 6.58. The summed E-state index contributed by atoms with van der Waals surface area (Å²) < 4.78 is 15.2. The Bertz CT molecular complexity index is 921. The van der Waals surface area contributed by atoms with Crippen LogP contribution < -0.4 is 0 Å². The molecule has 2 aromatic carbocycles. The number of benzene rings is 2. The molecule has 26 heavy (non-hydrogen) atoms. The highest BCUT2D eigenvalue weighted by molar-refractivity contribution is 5.63. The van der Waals surface area contributed by atoms with Crippen molar-refractivity contribution >= 4 is 0 Å². The van der Waals surface area contributed by atoms with Crippen LogP contribution in [0, 0.1) is 17.1 Å². The summed E-state index contributed by atoms with van der Waals surface area (Å²) in [5, 5.41) is 13.9. The minimum Gasteiger partial charge on any atom is -0.283 e. The van der Waals surface area contributed by atoms with E-state index in [1.54, 1.807) is 12.1 Å². The van der Waals surface area contributed by atoms with Gasteiger partial charge in [-0.3, -0.25) is 4.90 Å². The summed E-state index contributed by atoms with van der Waals surface area (Å²) in [6.07, 6.45) is 4.29. The molecular formula is C21H19FN4. The molecule has 0 aliphatic heterocycles. The Kier molecular flexibility index (Phi) is 4.51. The molecule has 0 spiro atoms. The first-order chi connectivity index (χ1) is 12.7. The summed E-state index contributed by atoms with van der Waals surface area (Å²) in [7, 11) is 0. The van der Waals surface area contributed by atoms with Gasteiger partial charge in [0.2, 0.25) is 0 Å². The molecule has 1 saturated carbocycles. The standard InChI is InChI=1S/C21H19FN4/c22-18-8-6-16(7-9-18)21-17(14-25(13-12-23)19-10-11-19)15-26(24-21)20-4-2-1-3-5-20/h1-9,15,19H,10-11,13-14H2. The molecule has 4 nitrogen and oxygen atoms in total. The van der Waals surface area contributed by atoms with E-state index in [0.717, 1.165) is 35.3 Å². The van der Waals surface area contributed by atoms with E-state index in [0.29, 0.717) is 19.1 Å². The lowest BCUT2D eigenvalue weighted by Gasteiger charge is -2.18. The Hall–Kier alpha value is -2.97. The van der Waals surface area contributed by atoms with E-state index >= 15 is 0 Å². The van der Waals surface area contributed by atoms with Crippen molar-refractivity contribution in [2.45, 2.75) is 25.4 Å². The van der Waals surface area contributed by atoms with Crippen LogP contribution in [-0.4, -0.2) is 27.3 Å². The average molecular weight is 346 g/mol. The predicted molar refractivity (Wildman–Crippen MR) is 98.0 cm³/mol. The SMILES string of the molecule is N#CCN(Cc1cn(-c2ccccc2)nc1-c1ccc(F)cc1)C1CC1. The molecule has 1 aliphatic carbocycles. The smallest absolute Gasteiger partial charge is 0.123 e. The van der Waals surface area contributed by atoms with E-state index in [9.17, 15) is 4.39 Å². The molecule has 5 heteroatoms. The third-order valence-electron chi connectivity index (χ3n) is 4.64. The third kappa shape index (κ3) is 3.51. The Labute approximate surface area is 152 Å². The maximum absolute atomic E-state index is 13.3. The van der Waals surface area contributed by atoms with Crippen molar-refractivity contribution in [2.24, 2.45) is 0 Å². The first-order valence-corrected chi connectivity index (χ1v) is 8.75. The molecule has 3 aromatic rings. The first kappa shape index (κ1) is 16.5. The van der Waals surface area contributed by atoms with E-state index in [1.165, 1.54) is 12.1 Å². The number of hydrogen-bond donors (Lipinski definition) is 0. The van der Waals surface area contributed by atoms with Crippen molar-refractivity contribution in [3.63, 3.8) is 0 Å². The minimum atomic E-state index is -0.262. The highest BCUT2D eigenvalue weighted by Gasteiger charge is 2.29. The van der Waals surface area contributed by atoms with E-state index in [4.69, 9.17) is 10.4 Å². The van der Waals surface area contributed by atoms with Crippen LogP contribution in [0.4, 0.5) is 4.39 Å². The summed E-state index contributed by atoms with van der Waals surface area (Å²) >= 11 is 0. The van der Waals surface area contributed by atoms with Crippen molar-refractivity contribution < 1.29 is 4.39 Å². The van der Waals surface area contributed by atoms with Crippen LogP contribution in [0.5, 0.6) is 0 Å². The molecule has 0 radical (unpaired) electrons. The zero-order valence-corrected chi connectivity index (χ0v) is 14.3. The molecule has 0 unspecified atom stereocenters. The van der Waals surface area contributed by atoms with E-state index in [-0.39, 0.29) is 5.82 Å². The maximum Gasteiger partial charge on any atom is 0.123 e. The molecular weight excluding hydrogens is 327 g/mol. The molecule has 0 atom stereocenters. The zero-order valence-electron chi connectivity index (χ0n) is 14.3. The monoisotopic (exact) mass is 346 g/mol. The van der Waals surface area contributed by atoms with Gasteiger partial charge in [-0.2, -0.15) is 10.4 Å². The number of nitrogens with zero attached hydrogens (tertiary/aromatic N) is 4. The summed E-state index contributed by atoms with van der Waals surface area (Å²) in [6, 6.07) is 19.1. The lowest BCUT2D eigenvalue weighted by Crippen LogP contribution is -2.25. The van der Waals surface area contributed by atoms with Gasteiger partial charge in [-0.05, 0) is 49.2 Å². The number of nitriles is 1. The second-order valence-electron chi connectivity index (χ2n) is 6.58. The first-order valence-electron chi connectivity index (χ1n) is 8.75. The van der Waals surface area contributed by atoms with Crippen LogP contribution in [0.2, 0.25) is 0 Å². The Morgan fingerprint density at radius 3 is 2.50 bits per heavy atom. The average Bonchev–Trinajstić information content (AvgIpc) is 3.43. The van der Waals surface area contributed by atoms with Crippen LogP contribution >= 0.6 is 0 Å². The minimum absolute atomic E-state index is 0.262. The topological polar surface area (TPSA) is 44.9 Å². The van der Waals surface area contributed by atoms with Crippen molar-refractivity contribution in [1.29, 1.82) is 5.26 Å². The number of aromatic nitrogens is 2. The zero-order chi connectivity index (χ0) is 17.9. The largest absolute Gasteiger partial charge is 0.283 e. The van der Waals surface area contributed by atoms with Crippen LogP contribution in [0.15, 0.2) is 60.8 Å². The summed E-state index contributed by atoms with van der Waals surface area (Å²) in [5.74, 6) is -0.262. The Morgan fingerprint density at radius 1 is 1.12 bits per heavy atom. The molecule has 0 saturated heterocycles. The van der Waals surface area contributed by atoms with Crippen LogP contribution in [0.1, 0.15) is 18.4 Å². The summed E-state index contributed by atoms with van der Waals surface area (Å²) in [6.45, 7) is 1.07. The molecule has 1 aliphatic rings. The molecule has 1 fully saturated rings. The molecule has 0 amide bonds. The van der Waals surface area contributed by atoms with Gasteiger partial charge in [0.05, 0.1) is 24.0 Å². The quantitative estimate of drug-likeness (QED) is 0.629. The fourth-order valence-corrected chi connectivity index (χ4v) is 3.15. The summed E-state index contributed by atoms with van der Waals surface area (Å²) in [5.41, 5.74) is 3.73. The highest BCUT2D eigenvalue weighted by atomic mass is 19.1. The molecule has 0 N–H and O–H groups in total. The van der Waals surface area contributed by atoms with Gasteiger partial charge in [0.25, 0.3) is 0 Å². The third-order valence-corrected chi connectivity index (χ3v) is 4.64. The Morgan fingerprint density at radius 2 is 1.85 bits per heavy atom. The van der Waals surface area contributed by atoms with Crippen LogP contribution in [0.25, 0.3) is 16.9 Å². The van der Waals surface area contributed by atoms with Crippen molar-refractivity contribution in [3.8, 4) is 23.0 Å². The molecule has 1 heterocycles. The summed E-state index contributed by atoms with van der Waals surface area (Å²) in [4.78, 5) is 2.19. The predicted octanol–water partition coefficient (Wildman–Crippen LogP) is 4.17. The molecule has 4 rings (SSSR count). The number of halogens is 1. The van der Waals surface area contributed by atoms with Crippen LogP contribution in [-0.2, 0) is 6.54 Å². The van der Waals surface area contributed by atoms with Gasteiger partial charge in [-0.15, -0.1) is 0 Å². The normalized spacial score (nSPS) is 13.7. The molecule has 0 bridgehead atoms. The lowest BCUT2D eigenvalue weighted by molar-refractivity contribution is 0.287. The van der Waals surface area contributed by atoms with Gasteiger partial charge < -0.3 is 0 Å². The fourth-order valence-electron chi connectivity index (χ4n) is 3.15. The Balaban J connectivity index is 1.73. The number of rotatable bonds is 6. The molecule has 1 aromatic heterocycles. The van der Waals surface area contributed by atoms with Gasteiger partial charge in [-0.25, -0.2) is 9.07 Å². The van der Waals surface area contributed by atoms with Crippen molar-refractivity contribution in [3.05, 3.63) is 72.2 Å². The van der Waals surface area contributed by atoms with Crippen molar-refractivity contribution in [1.82, 2.24) is 14.7 Å². The number of para-hydroxylation sites is 1. The fraction of sp³-hybridized carbons (Fsp3) is 0.238. The van der Waals surface area contributed by atoms with Crippen molar-refractivity contribution in [2.75, 3.05) is 6.54 Å².